The maximum absolute atomic E-state index is 13.4. The van der Waals surface area contributed by atoms with Gasteiger partial charge in [-0.1, -0.05) is 23.5 Å². The molecule has 22 heavy (non-hydrogen) atoms. The van der Waals surface area contributed by atoms with E-state index in [1.807, 2.05) is 24.3 Å². The number of thiocarbonyl (C=S) groups is 1. The highest BCUT2D eigenvalue weighted by Gasteiger charge is 2.06. The van der Waals surface area contributed by atoms with Gasteiger partial charge in [0.2, 0.25) is 0 Å². The molecule has 112 valence electrons. The molecule has 0 saturated carbocycles. The summed E-state index contributed by atoms with van der Waals surface area (Å²) in [4.78, 5) is 8.44. The van der Waals surface area contributed by atoms with Crippen molar-refractivity contribution in [3.63, 3.8) is 0 Å². The number of pyridine rings is 1. The fraction of sp³-hybridized carbons (Fsp3) is 0.133. The molecule has 0 radical (unpaired) electrons. The number of nitrogens with zero attached hydrogens (tertiary/aromatic N) is 2. The minimum absolute atomic E-state index is 0.297. The molecule has 0 unspecified atom stereocenters. The van der Waals surface area contributed by atoms with E-state index in [1.165, 1.54) is 17.4 Å². The van der Waals surface area contributed by atoms with Crippen LogP contribution < -0.4 is 10.6 Å². The molecule has 0 amide bonds. The minimum atomic E-state index is -0.297. The second-order valence-electron chi connectivity index (χ2n) is 4.55. The zero-order valence-corrected chi connectivity index (χ0v) is 13.2. The van der Waals surface area contributed by atoms with E-state index in [4.69, 9.17) is 12.2 Å². The molecule has 0 aliphatic carbocycles. The van der Waals surface area contributed by atoms with E-state index in [-0.39, 0.29) is 5.82 Å². The van der Waals surface area contributed by atoms with E-state index < -0.39 is 0 Å². The number of anilines is 1. The third-order valence-electron chi connectivity index (χ3n) is 3.00. The van der Waals surface area contributed by atoms with Crippen LogP contribution in [0.3, 0.4) is 0 Å². The third-order valence-corrected chi connectivity index (χ3v) is 4.19. The first-order chi connectivity index (χ1) is 10.7. The lowest BCUT2D eigenvalue weighted by molar-refractivity contribution is 0.596. The van der Waals surface area contributed by atoms with Crippen molar-refractivity contribution in [2.24, 2.45) is 0 Å². The van der Waals surface area contributed by atoms with Gasteiger partial charge in [-0.15, -0.1) is 0 Å². The number of fused-ring (bicyclic) bond motifs is 1. The van der Waals surface area contributed by atoms with E-state index in [0.29, 0.717) is 23.8 Å². The van der Waals surface area contributed by atoms with Crippen molar-refractivity contribution in [3.8, 4) is 0 Å². The first kappa shape index (κ1) is 14.8. The van der Waals surface area contributed by atoms with Crippen LogP contribution in [0.2, 0.25) is 0 Å². The number of rotatable bonds is 4. The Hall–Kier alpha value is -2.12. The average molecular weight is 332 g/mol. The van der Waals surface area contributed by atoms with Crippen molar-refractivity contribution < 1.29 is 4.39 Å². The van der Waals surface area contributed by atoms with Crippen molar-refractivity contribution in [2.75, 3.05) is 11.9 Å². The maximum Gasteiger partial charge on any atom is 0.190 e. The number of hydrogen-bond donors (Lipinski definition) is 2. The SMILES string of the molecule is Fc1cccnc1CCNC(=S)Nc1nc2ccccc2s1. The second kappa shape index (κ2) is 6.76. The van der Waals surface area contributed by atoms with Gasteiger partial charge in [-0.3, -0.25) is 4.98 Å². The molecule has 0 saturated heterocycles. The molecule has 0 bridgehead atoms. The van der Waals surface area contributed by atoms with Crippen LogP contribution in [0.5, 0.6) is 0 Å². The molecular formula is C15H13FN4S2. The lowest BCUT2D eigenvalue weighted by atomic mass is 10.2. The zero-order valence-electron chi connectivity index (χ0n) is 11.5. The Kier molecular flexibility index (Phi) is 4.55. The van der Waals surface area contributed by atoms with E-state index in [9.17, 15) is 4.39 Å². The molecule has 3 rings (SSSR count). The predicted octanol–water partition coefficient (Wildman–Crippen LogP) is 3.36. The van der Waals surface area contributed by atoms with E-state index in [1.54, 1.807) is 12.3 Å². The van der Waals surface area contributed by atoms with Crippen LogP contribution >= 0.6 is 23.6 Å². The Morgan fingerprint density at radius 1 is 1.23 bits per heavy atom. The smallest absolute Gasteiger partial charge is 0.190 e. The average Bonchev–Trinajstić information content (AvgIpc) is 2.91. The number of thiazole rings is 1. The van der Waals surface area contributed by atoms with Gasteiger partial charge in [-0.25, -0.2) is 9.37 Å². The number of halogens is 1. The molecule has 0 fully saturated rings. The summed E-state index contributed by atoms with van der Waals surface area (Å²) in [5, 5.41) is 7.28. The van der Waals surface area contributed by atoms with Crippen LogP contribution in [0.25, 0.3) is 10.2 Å². The Morgan fingerprint density at radius 2 is 2.09 bits per heavy atom. The van der Waals surface area contributed by atoms with Gasteiger partial charge < -0.3 is 10.6 Å². The monoisotopic (exact) mass is 332 g/mol. The van der Waals surface area contributed by atoms with Gasteiger partial charge in [0.05, 0.1) is 15.9 Å². The molecule has 0 aliphatic heterocycles. The predicted molar refractivity (Wildman–Crippen MR) is 91.7 cm³/mol. The highest BCUT2D eigenvalue weighted by molar-refractivity contribution is 7.80. The third kappa shape index (κ3) is 3.55. The quantitative estimate of drug-likeness (QED) is 0.718. The first-order valence-electron chi connectivity index (χ1n) is 6.72. The summed E-state index contributed by atoms with van der Waals surface area (Å²) < 4.78 is 14.5. The van der Waals surface area contributed by atoms with Gasteiger partial charge in [0.1, 0.15) is 5.82 Å². The van der Waals surface area contributed by atoms with Crippen molar-refractivity contribution in [1.82, 2.24) is 15.3 Å². The molecule has 0 atom stereocenters. The van der Waals surface area contributed by atoms with Crippen LogP contribution in [-0.2, 0) is 6.42 Å². The number of para-hydroxylation sites is 1. The summed E-state index contributed by atoms with van der Waals surface area (Å²) >= 11 is 6.75. The standard InChI is InChI=1S/C15H13FN4S2/c16-10-4-3-8-17-11(10)7-9-18-14(21)20-15-19-12-5-1-2-6-13(12)22-15/h1-6,8H,7,9H2,(H2,18,19,20,21). The lowest BCUT2D eigenvalue weighted by Gasteiger charge is -2.08. The summed E-state index contributed by atoms with van der Waals surface area (Å²) in [6.07, 6.45) is 2.05. The van der Waals surface area contributed by atoms with E-state index in [2.05, 4.69) is 20.6 Å². The van der Waals surface area contributed by atoms with Crippen LogP contribution in [0, 0.1) is 5.82 Å². The van der Waals surface area contributed by atoms with E-state index in [0.717, 1.165) is 15.3 Å². The van der Waals surface area contributed by atoms with Crippen LogP contribution in [0.1, 0.15) is 5.69 Å². The lowest BCUT2D eigenvalue weighted by Crippen LogP contribution is -2.30. The highest BCUT2D eigenvalue weighted by Crippen LogP contribution is 2.25. The molecule has 0 spiro atoms. The van der Waals surface area contributed by atoms with Crippen LogP contribution in [0.15, 0.2) is 42.6 Å². The number of aromatic nitrogens is 2. The minimum Gasteiger partial charge on any atom is -0.362 e. The molecule has 3 aromatic rings. The Morgan fingerprint density at radius 3 is 2.91 bits per heavy atom. The highest BCUT2D eigenvalue weighted by atomic mass is 32.1. The fourth-order valence-corrected chi connectivity index (χ4v) is 3.10. The molecule has 2 aromatic heterocycles. The fourth-order valence-electron chi connectivity index (χ4n) is 1.96. The molecule has 2 heterocycles. The molecule has 7 heteroatoms. The Labute approximate surface area is 136 Å². The summed E-state index contributed by atoms with van der Waals surface area (Å²) in [5.74, 6) is -0.297. The van der Waals surface area contributed by atoms with Crippen LogP contribution in [-0.4, -0.2) is 21.6 Å². The van der Waals surface area contributed by atoms with E-state index >= 15 is 0 Å². The van der Waals surface area contributed by atoms with Crippen molar-refractivity contribution in [1.29, 1.82) is 0 Å². The molecular weight excluding hydrogens is 319 g/mol. The topological polar surface area (TPSA) is 49.8 Å². The molecule has 1 aromatic carbocycles. The number of benzene rings is 1. The van der Waals surface area contributed by atoms with Gasteiger partial charge in [0.25, 0.3) is 0 Å². The summed E-state index contributed by atoms with van der Waals surface area (Å²) in [7, 11) is 0. The maximum atomic E-state index is 13.4. The Balaban J connectivity index is 1.53. The van der Waals surface area contributed by atoms with Crippen molar-refractivity contribution in [2.45, 2.75) is 6.42 Å². The number of hydrogen-bond acceptors (Lipinski definition) is 4. The van der Waals surface area contributed by atoms with Gasteiger partial charge in [-0.2, -0.15) is 0 Å². The van der Waals surface area contributed by atoms with Gasteiger partial charge in [0.15, 0.2) is 10.2 Å². The molecule has 0 aliphatic rings. The van der Waals surface area contributed by atoms with Crippen LogP contribution in [0.4, 0.5) is 9.52 Å². The summed E-state index contributed by atoms with van der Waals surface area (Å²) in [6, 6.07) is 10.9. The zero-order chi connectivity index (χ0) is 15.4. The van der Waals surface area contributed by atoms with Gasteiger partial charge in [0, 0.05) is 19.2 Å². The Bertz CT molecular complexity index is 770. The summed E-state index contributed by atoms with van der Waals surface area (Å²) in [5.41, 5.74) is 1.37. The molecule has 2 N–H and O–H groups in total. The first-order valence-corrected chi connectivity index (χ1v) is 7.94. The van der Waals surface area contributed by atoms with Crippen molar-refractivity contribution in [3.05, 3.63) is 54.1 Å². The summed E-state index contributed by atoms with van der Waals surface area (Å²) in [6.45, 7) is 0.505. The largest absolute Gasteiger partial charge is 0.362 e. The normalized spacial score (nSPS) is 10.6. The van der Waals surface area contributed by atoms with Crippen molar-refractivity contribution >= 4 is 44.0 Å². The molecule has 4 nitrogen and oxygen atoms in total. The van der Waals surface area contributed by atoms with Gasteiger partial charge in [-0.05, 0) is 36.5 Å². The van der Waals surface area contributed by atoms with Gasteiger partial charge >= 0.3 is 0 Å². The number of nitrogens with one attached hydrogen (secondary N) is 2. The second-order valence-corrected chi connectivity index (χ2v) is 5.99.